The third kappa shape index (κ3) is 5.88. The summed E-state index contributed by atoms with van der Waals surface area (Å²) in [4.78, 5) is 27.2. The summed E-state index contributed by atoms with van der Waals surface area (Å²) in [5, 5.41) is 25.3. The average Bonchev–Trinajstić information content (AvgIpc) is 3.18. The number of carbonyl (C=O) groups is 2. The van der Waals surface area contributed by atoms with Crippen LogP contribution in [0.1, 0.15) is 63.0 Å². The van der Waals surface area contributed by atoms with Gasteiger partial charge in [-0.1, -0.05) is 89.6 Å². The SMILES string of the molecule is Cc1ccc(C(=O)N[C@]2(Cc3ccccc3)C(=O)OC3C2O[C@H](CO[Si](C(C)C)(C(C)C)C(C)C)[C@H](O)[C@H]3O)cc1. The van der Waals surface area contributed by atoms with Crippen LogP contribution in [0, 0.1) is 6.92 Å². The van der Waals surface area contributed by atoms with Crippen LogP contribution in [-0.4, -0.2) is 73.1 Å². The number of ether oxygens (including phenoxy) is 2. The number of hydrogen-bond acceptors (Lipinski definition) is 7. The van der Waals surface area contributed by atoms with E-state index in [4.69, 9.17) is 13.9 Å². The Hall–Kier alpha value is -2.56. The van der Waals surface area contributed by atoms with Crippen LogP contribution >= 0.6 is 0 Å². The predicted octanol–water partition coefficient (Wildman–Crippen LogP) is 4.31. The Morgan fingerprint density at radius 1 is 0.951 bits per heavy atom. The summed E-state index contributed by atoms with van der Waals surface area (Å²) in [6, 6.07) is 16.4. The number of hydrogen-bond donors (Lipinski definition) is 3. The van der Waals surface area contributed by atoms with Gasteiger partial charge in [-0.05, 0) is 41.2 Å². The molecule has 2 saturated heterocycles. The normalized spacial score (nSPS) is 28.2. The largest absolute Gasteiger partial charge is 0.455 e. The van der Waals surface area contributed by atoms with Crippen molar-refractivity contribution in [2.45, 2.75) is 108 Å². The van der Waals surface area contributed by atoms with E-state index in [2.05, 4.69) is 46.9 Å². The van der Waals surface area contributed by atoms with Crippen molar-refractivity contribution in [2.24, 2.45) is 0 Å². The summed E-state index contributed by atoms with van der Waals surface area (Å²) in [5.74, 6) is -1.17. The molecule has 2 aliphatic rings. The molecule has 9 heteroatoms. The standard InChI is InChI=1S/C32H45NO7Si/c1-19(2)41(20(3)4,21(5)6)38-18-25-26(34)27(35)28-29(39-25)32(31(37)40-28,17-23-11-9-8-10-12-23)33-30(36)24-15-13-22(7)14-16-24/h8-16,19-21,25-29,34-35H,17-18H2,1-7H3,(H,33,36)/t25-,26+,27-,28?,29?,32+/m1/s1. The average molecular weight is 584 g/mol. The molecule has 0 spiro atoms. The number of carbonyl (C=O) groups excluding carboxylic acids is 2. The van der Waals surface area contributed by atoms with Crippen LogP contribution < -0.4 is 5.32 Å². The lowest BCUT2D eigenvalue weighted by atomic mass is 9.80. The molecule has 0 bridgehead atoms. The van der Waals surface area contributed by atoms with Gasteiger partial charge in [0.25, 0.3) is 5.91 Å². The predicted molar refractivity (Wildman–Crippen MR) is 159 cm³/mol. The van der Waals surface area contributed by atoms with E-state index >= 15 is 0 Å². The molecule has 6 atom stereocenters. The third-order valence-corrected chi connectivity index (χ3v) is 15.0. The quantitative estimate of drug-likeness (QED) is 0.282. The number of aryl methyl sites for hydroxylation is 1. The fraction of sp³-hybridized carbons (Fsp3) is 0.562. The Balaban J connectivity index is 1.69. The zero-order valence-corrected chi connectivity index (χ0v) is 26.2. The zero-order valence-electron chi connectivity index (χ0n) is 25.2. The molecule has 3 N–H and O–H groups in total. The van der Waals surface area contributed by atoms with E-state index in [9.17, 15) is 19.8 Å². The highest BCUT2D eigenvalue weighted by Crippen LogP contribution is 2.44. The van der Waals surface area contributed by atoms with Crippen LogP contribution in [0.15, 0.2) is 54.6 Å². The molecule has 0 aromatic heterocycles. The second-order valence-corrected chi connectivity index (χ2v) is 18.0. The lowest BCUT2D eigenvalue weighted by molar-refractivity contribution is -0.220. The van der Waals surface area contributed by atoms with Gasteiger partial charge in [-0.2, -0.15) is 0 Å². The van der Waals surface area contributed by atoms with Crippen LogP contribution in [0.2, 0.25) is 16.6 Å². The molecule has 2 aromatic carbocycles. The van der Waals surface area contributed by atoms with Gasteiger partial charge in [0.05, 0.1) is 6.61 Å². The number of rotatable bonds is 10. The van der Waals surface area contributed by atoms with Crippen LogP contribution in [0.3, 0.4) is 0 Å². The number of aliphatic hydroxyl groups excluding tert-OH is 2. The maximum Gasteiger partial charge on any atom is 0.335 e. The summed E-state index contributed by atoms with van der Waals surface area (Å²) in [7, 11) is -2.32. The van der Waals surface area contributed by atoms with E-state index in [0.29, 0.717) is 22.2 Å². The summed E-state index contributed by atoms with van der Waals surface area (Å²) in [6.45, 7) is 15.0. The molecule has 1 amide bonds. The minimum atomic E-state index is -2.32. The molecule has 0 radical (unpaired) electrons. The van der Waals surface area contributed by atoms with E-state index in [0.717, 1.165) is 11.1 Å². The molecule has 4 rings (SSSR count). The van der Waals surface area contributed by atoms with Crippen molar-refractivity contribution in [3.8, 4) is 0 Å². The highest BCUT2D eigenvalue weighted by molar-refractivity contribution is 6.77. The highest BCUT2D eigenvalue weighted by Gasteiger charge is 2.65. The maximum absolute atomic E-state index is 13.7. The number of benzene rings is 2. The van der Waals surface area contributed by atoms with E-state index < -0.39 is 56.3 Å². The summed E-state index contributed by atoms with van der Waals surface area (Å²) >= 11 is 0. The Bertz CT molecular complexity index is 1180. The van der Waals surface area contributed by atoms with Gasteiger partial charge in [0.1, 0.15) is 24.4 Å². The second kappa shape index (κ2) is 12.4. The van der Waals surface area contributed by atoms with E-state index in [-0.39, 0.29) is 13.0 Å². The molecule has 2 unspecified atom stereocenters. The minimum Gasteiger partial charge on any atom is -0.455 e. The van der Waals surface area contributed by atoms with Gasteiger partial charge in [-0.15, -0.1) is 0 Å². The van der Waals surface area contributed by atoms with Gasteiger partial charge in [-0.25, -0.2) is 4.79 Å². The molecule has 41 heavy (non-hydrogen) atoms. The number of nitrogens with one attached hydrogen (secondary N) is 1. The van der Waals surface area contributed by atoms with Crippen molar-refractivity contribution in [2.75, 3.05) is 6.61 Å². The molecule has 0 saturated carbocycles. The molecule has 2 aromatic rings. The molecule has 2 fully saturated rings. The topological polar surface area (TPSA) is 114 Å². The van der Waals surface area contributed by atoms with Crippen molar-refractivity contribution < 1.29 is 33.7 Å². The van der Waals surface area contributed by atoms with Crippen molar-refractivity contribution in [3.63, 3.8) is 0 Å². The highest BCUT2D eigenvalue weighted by atomic mass is 28.4. The Kier molecular flexibility index (Phi) is 9.45. The maximum atomic E-state index is 13.7. The summed E-state index contributed by atoms with van der Waals surface area (Å²) in [5.41, 5.74) is 1.47. The smallest absolute Gasteiger partial charge is 0.335 e. The molecule has 2 heterocycles. The van der Waals surface area contributed by atoms with Gasteiger partial charge in [0, 0.05) is 12.0 Å². The Labute approximate surface area is 244 Å². The monoisotopic (exact) mass is 583 g/mol. The first-order chi connectivity index (χ1) is 19.3. The third-order valence-electron chi connectivity index (χ3n) is 8.96. The van der Waals surface area contributed by atoms with Gasteiger partial charge < -0.3 is 29.4 Å². The molecule has 0 aliphatic carbocycles. The number of amides is 1. The summed E-state index contributed by atoms with van der Waals surface area (Å²) in [6.07, 6.45) is -5.78. The van der Waals surface area contributed by atoms with Crippen molar-refractivity contribution in [1.82, 2.24) is 5.32 Å². The Morgan fingerprint density at radius 2 is 1.54 bits per heavy atom. The second-order valence-electron chi connectivity index (χ2n) is 12.5. The first-order valence-corrected chi connectivity index (χ1v) is 16.8. The van der Waals surface area contributed by atoms with Crippen molar-refractivity contribution in [1.29, 1.82) is 0 Å². The lowest BCUT2D eigenvalue weighted by Gasteiger charge is -2.46. The molecule has 2 aliphatic heterocycles. The summed E-state index contributed by atoms with van der Waals surface area (Å²) < 4.78 is 18.9. The Morgan fingerprint density at radius 3 is 2.10 bits per heavy atom. The van der Waals surface area contributed by atoms with Gasteiger partial charge in [-0.3, -0.25) is 4.79 Å². The van der Waals surface area contributed by atoms with Crippen molar-refractivity contribution >= 4 is 20.2 Å². The zero-order chi connectivity index (χ0) is 30.1. The number of fused-ring (bicyclic) bond motifs is 1. The van der Waals surface area contributed by atoms with Gasteiger partial charge in [0.2, 0.25) is 0 Å². The molecule has 8 nitrogen and oxygen atoms in total. The van der Waals surface area contributed by atoms with Crippen molar-refractivity contribution in [3.05, 3.63) is 71.3 Å². The number of esters is 1. The van der Waals surface area contributed by atoms with Crippen LogP contribution in [-0.2, 0) is 25.1 Å². The molecular weight excluding hydrogens is 538 g/mol. The molecular formula is C32H45NO7Si. The minimum absolute atomic E-state index is 0.0593. The fourth-order valence-corrected chi connectivity index (χ4v) is 12.4. The lowest BCUT2D eigenvalue weighted by Crippen LogP contribution is -2.68. The van der Waals surface area contributed by atoms with Crippen LogP contribution in [0.4, 0.5) is 0 Å². The molecule has 224 valence electrons. The van der Waals surface area contributed by atoms with Gasteiger partial charge >= 0.3 is 5.97 Å². The van der Waals surface area contributed by atoms with Crippen LogP contribution in [0.25, 0.3) is 0 Å². The van der Waals surface area contributed by atoms with Gasteiger partial charge in [0.15, 0.2) is 20.0 Å². The van der Waals surface area contributed by atoms with E-state index in [1.54, 1.807) is 12.1 Å². The number of aliphatic hydroxyl groups is 2. The first kappa shape index (κ1) is 31.4. The first-order valence-electron chi connectivity index (χ1n) is 14.6. The fourth-order valence-electron chi connectivity index (χ4n) is 6.91. The van der Waals surface area contributed by atoms with Crippen LogP contribution in [0.5, 0.6) is 0 Å². The van der Waals surface area contributed by atoms with E-state index in [1.807, 2.05) is 49.4 Å². The van der Waals surface area contributed by atoms with E-state index in [1.165, 1.54) is 0 Å².